The van der Waals surface area contributed by atoms with Gasteiger partial charge < -0.3 is 0 Å². The van der Waals surface area contributed by atoms with Crippen LogP contribution in [0.1, 0.15) is 11.1 Å². The van der Waals surface area contributed by atoms with Crippen molar-refractivity contribution >= 4 is 22.4 Å². The number of fused-ring (bicyclic) bond motifs is 1. The molecule has 1 aromatic heterocycles. The summed E-state index contributed by atoms with van der Waals surface area (Å²) in [6.45, 7) is 4.18. The molecule has 2 heteroatoms. The molecule has 13 heavy (non-hydrogen) atoms. The standard InChI is InChI=1S/C11H10ClN/c1-7-5-9-3-4-13-11(12)10(9)6-8(7)2/h3-6H,1-2H3. The number of pyridine rings is 1. The van der Waals surface area contributed by atoms with Crippen LogP contribution in [0.2, 0.25) is 5.15 Å². The van der Waals surface area contributed by atoms with Gasteiger partial charge in [0.25, 0.3) is 0 Å². The lowest BCUT2D eigenvalue weighted by atomic mass is 10.0. The molecule has 0 saturated heterocycles. The van der Waals surface area contributed by atoms with E-state index in [0.717, 1.165) is 10.8 Å². The van der Waals surface area contributed by atoms with Crippen LogP contribution in [0.25, 0.3) is 10.8 Å². The highest BCUT2D eigenvalue weighted by molar-refractivity contribution is 6.34. The van der Waals surface area contributed by atoms with E-state index >= 15 is 0 Å². The first-order valence-corrected chi connectivity index (χ1v) is 4.58. The third kappa shape index (κ3) is 1.40. The molecule has 1 aromatic carbocycles. The van der Waals surface area contributed by atoms with Crippen molar-refractivity contribution in [2.75, 3.05) is 0 Å². The van der Waals surface area contributed by atoms with Gasteiger partial charge in [-0.2, -0.15) is 0 Å². The molecule has 66 valence electrons. The maximum Gasteiger partial charge on any atom is 0.136 e. The minimum absolute atomic E-state index is 0.584. The molecule has 0 aliphatic rings. The lowest BCUT2D eigenvalue weighted by Crippen LogP contribution is -1.84. The number of aromatic nitrogens is 1. The predicted molar refractivity (Wildman–Crippen MR) is 56.2 cm³/mol. The second-order valence-electron chi connectivity index (χ2n) is 3.26. The van der Waals surface area contributed by atoms with E-state index in [0.29, 0.717) is 5.15 Å². The van der Waals surface area contributed by atoms with Gasteiger partial charge in [-0.1, -0.05) is 17.7 Å². The first kappa shape index (κ1) is 8.52. The molecule has 2 rings (SSSR count). The van der Waals surface area contributed by atoms with E-state index in [2.05, 4.69) is 31.0 Å². The molecule has 0 N–H and O–H groups in total. The summed E-state index contributed by atoms with van der Waals surface area (Å²) in [4.78, 5) is 4.04. The third-order valence-electron chi connectivity index (χ3n) is 2.33. The summed E-state index contributed by atoms with van der Waals surface area (Å²) in [6.07, 6.45) is 1.74. The molecule has 0 aliphatic heterocycles. The van der Waals surface area contributed by atoms with E-state index in [-0.39, 0.29) is 0 Å². The summed E-state index contributed by atoms with van der Waals surface area (Å²) in [5, 5.41) is 2.77. The first-order chi connectivity index (χ1) is 6.18. The Morgan fingerprint density at radius 2 is 1.85 bits per heavy atom. The molecule has 0 bridgehead atoms. The SMILES string of the molecule is Cc1cc2ccnc(Cl)c2cc1C. The van der Waals surface area contributed by atoms with Gasteiger partial charge in [0.05, 0.1) is 0 Å². The second-order valence-corrected chi connectivity index (χ2v) is 3.62. The van der Waals surface area contributed by atoms with Crippen molar-refractivity contribution in [3.8, 4) is 0 Å². The zero-order chi connectivity index (χ0) is 9.42. The molecule has 1 nitrogen and oxygen atoms in total. The molecule has 0 fully saturated rings. The Bertz CT molecular complexity index is 463. The highest BCUT2D eigenvalue weighted by Crippen LogP contribution is 2.23. The lowest BCUT2D eigenvalue weighted by Gasteiger charge is -2.04. The zero-order valence-electron chi connectivity index (χ0n) is 7.63. The van der Waals surface area contributed by atoms with Crippen LogP contribution >= 0.6 is 11.6 Å². The van der Waals surface area contributed by atoms with E-state index < -0.39 is 0 Å². The normalized spacial score (nSPS) is 10.7. The number of hydrogen-bond acceptors (Lipinski definition) is 1. The van der Waals surface area contributed by atoms with Gasteiger partial charge in [-0.3, -0.25) is 0 Å². The Morgan fingerprint density at radius 3 is 2.62 bits per heavy atom. The fourth-order valence-electron chi connectivity index (χ4n) is 1.41. The van der Waals surface area contributed by atoms with Gasteiger partial charge in [0, 0.05) is 11.6 Å². The average molecular weight is 192 g/mol. The summed E-state index contributed by atoms with van der Waals surface area (Å²) < 4.78 is 0. The van der Waals surface area contributed by atoms with Crippen LogP contribution in [0.4, 0.5) is 0 Å². The highest BCUT2D eigenvalue weighted by atomic mass is 35.5. The quantitative estimate of drug-likeness (QED) is 0.581. The molecule has 0 spiro atoms. The van der Waals surface area contributed by atoms with Crippen molar-refractivity contribution < 1.29 is 0 Å². The maximum absolute atomic E-state index is 5.97. The Labute approximate surface area is 82.4 Å². The van der Waals surface area contributed by atoms with Crippen LogP contribution in [0.3, 0.4) is 0 Å². The Balaban J connectivity index is 2.89. The summed E-state index contributed by atoms with van der Waals surface area (Å²) in [5.74, 6) is 0. The van der Waals surface area contributed by atoms with Crippen LogP contribution in [0.5, 0.6) is 0 Å². The van der Waals surface area contributed by atoms with E-state index in [1.54, 1.807) is 6.20 Å². The molecule has 2 aromatic rings. The largest absolute Gasteiger partial charge is 0.244 e. The smallest absolute Gasteiger partial charge is 0.136 e. The summed E-state index contributed by atoms with van der Waals surface area (Å²) in [6, 6.07) is 6.20. The number of halogens is 1. The zero-order valence-corrected chi connectivity index (χ0v) is 8.39. The van der Waals surface area contributed by atoms with Gasteiger partial charge in [0.15, 0.2) is 0 Å². The molecule has 0 aliphatic carbocycles. The van der Waals surface area contributed by atoms with Gasteiger partial charge in [0.1, 0.15) is 5.15 Å². The van der Waals surface area contributed by atoms with Crippen molar-refractivity contribution in [1.82, 2.24) is 4.98 Å². The van der Waals surface area contributed by atoms with Crippen molar-refractivity contribution in [1.29, 1.82) is 0 Å². The van der Waals surface area contributed by atoms with E-state index in [1.165, 1.54) is 11.1 Å². The number of hydrogen-bond donors (Lipinski definition) is 0. The van der Waals surface area contributed by atoms with E-state index in [4.69, 9.17) is 11.6 Å². The van der Waals surface area contributed by atoms with E-state index in [1.807, 2.05) is 6.07 Å². The van der Waals surface area contributed by atoms with Crippen molar-refractivity contribution in [2.45, 2.75) is 13.8 Å². The summed E-state index contributed by atoms with van der Waals surface area (Å²) in [7, 11) is 0. The maximum atomic E-state index is 5.97. The molecule has 0 unspecified atom stereocenters. The van der Waals surface area contributed by atoms with Gasteiger partial charge in [0.2, 0.25) is 0 Å². The number of aryl methyl sites for hydroxylation is 2. The average Bonchev–Trinajstić information content (AvgIpc) is 2.09. The first-order valence-electron chi connectivity index (χ1n) is 4.20. The predicted octanol–water partition coefficient (Wildman–Crippen LogP) is 3.51. The Morgan fingerprint density at radius 1 is 1.15 bits per heavy atom. The molecule has 0 atom stereocenters. The number of nitrogens with zero attached hydrogens (tertiary/aromatic N) is 1. The van der Waals surface area contributed by atoms with Crippen LogP contribution in [0, 0.1) is 13.8 Å². The van der Waals surface area contributed by atoms with Crippen LogP contribution in [-0.2, 0) is 0 Å². The lowest BCUT2D eigenvalue weighted by molar-refractivity contribution is 1.33. The minimum Gasteiger partial charge on any atom is -0.244 e. The van der Waals surface area contributed by atoms with Crippen molar-refractivity contribution in [3.63, 3.8) is 0 Å². The van der Waals surface area contributed by atoms with Crippen molar-refractivity contribution in [3.05, 3.63) is 40.7 Å². The van der Waals surface area contributed by atoms with Gasteiger partial charge in [-0.15, -0.1) is 0 Å². The molecular formula is C11H10ClN. The van der Waals surface area contributed by atoms with Gasteiger partial charge in [-0.05, 0) is 42.5 Å². The topological polar surface area (TPSA) is 12.9 Å². The summed E-state index contributed by atoms with van der Waals surface area (Å²) in [5.41, 5.74) is 2.54. The van der Waals surface area contributed by atoms with Crippen LogP contribution in [-0.4, -0.2) is 4.98 Å². The van der Waals surface area contributed by atoms with Gasteiger partial charge in [-0.25, -0.2) is 4.98 Å². The molecular weight excluding hydrogens is 182 g/mol. The van der Waals surface area contributed by atoms with Gasteiger partial charge >= 0.3 is 0 Å². The number of rotatable bonds is 0. The Hall–Kier alpha value is -1.08. The second kappa shape index (κ2) is 3.00. The molecule has 0 amide bonds. The van der Waals surface area contributed by atoms with Crippen LogP contribution < -0.4 is 0 Å². The highest BCUT2D eigenvalue weighted by Gasteiger charge is 2.01. The number of benzene rings is 1. The molecule has 1 heterocycles. The minimum atomic E-state index is 0.584. The van der Waals surface area contributed by atoms with E-state index in [9.17, 15) is 0 Å². The van der Waals surface area contributed by atoms with Crippen LogP contribution in [0.15, 0.2) is 24.4 Å². The third-order valence-corrected chi connectivity index (χ3v) is 2.63. The Kier molecular flexibility index (Phi) is 1.97. The fraction of sp³-hybridized carbons (Fsp3) is 0.182. The summed E-state index contributed by atoms with van der Waals surface area (Å²) >= 11 is 5.97. The fourth-order valence-corrected chi connectivity index (χ4v) is 1.63. The monoisotopic (exact) mass is 191 g/mol. The molecule has 0 saturated carbocycles. The molecule has 0 radical (unpaired) electrons. The van der Waals surface area contributed by atoms with Crippen molar-refractivity contribution in [2.24, 2.45) is 0 Å².